The second kappa shape index (κ2) is 6.41. The van der Waals surface area contributed by atoms with Crippen molar-refractivity contribution in [3.63, 3.8) is 0 Å². The molecule has 0 spiro atoms. The zero-order chi connectivity index (χ0) is 18.3. The molecule has 1 aliphatic carbocycles. The number of carbonyl (C=O) groups is 1. The maximum absolute atomic E-state index is 13.5. The van der Waals surface area contributed by atoms with Gasteiger partial charge in [0.1, 0.15) is 0 Å². The minimum Gasteiger partial charge on any atom is -0.355 e. The largest absolute Gasteiger partial charge is 0.437 e. The van der Waals surface area contributed by atoms with Crippen molar-refractivity contribution in [3.05, 3.63) is 30.0 Å². The van der Waals surface area contributed by atoms with Gasteiger partial charge in [-0.1, -0.05) is 12.1 Å². The van der Waals surface area contributed by atoms with E-state index in [1.54, 1.807) is 23.1 Å². The fourth-order valence-corrected chi connectivity index (χ4v) is 3.30. The van der Waals surface area contributed by atoms with Crippen molar-refractivity contribution >= 4 is 22.8 Å². The van der Waals surface area contributed by atoms with Crippen LogP contribution in [0.25, 0.3) is 11.0 Å². The molecule has 26 heavy (non-hydrogen) atoms. The fourth-order valence-electron chi connectivity index (χ4n) is 3.30. The first-order valence-corrected chi connectivity index (χ1v) is 8.81. The van der Waals surface area contributed by atoms with E-state index in [9.17, 15) is 18.0 Å². The number of aromatic nitrogens is 2. The molecule has 138 valence electrons. The van der Waals surface area contributed by atoms with Crippen LogP contribution in [0.4, 0.5) is 19.0 Å². The quantitative estimate of drug-likeness (QED) is 0.909. The minimum atomic E-state index is -4.58. The summed E-state index contributed by atoms with van der Waals surface area (Å²) in [6.45, 7) is 0.720. The lowest BCUT2D eigenvalue weighted by molar-refractivity contribution is -0.140. The lowest BCUT2D eigenvalue weighted by Crippen LogP contribution is -2.42. The molecule has 1 aliphatic heterocycles. The predicted molar refractivity (Wildman–Crippen MR) is 90.6 cm³/mol. The van der Waals surface area contributed by atoms with Crippen molar-refractivity contribution in [1.82, 2.24) is 15.3 Å². The Morgan fingerprint density at radius 3 is 2.23 bits per heavy atom. The van der Waals surface area contributed by atoms with E-state index in [-0.39, 0.29) is 23.2 Å². The summed E-state index contributed by atoms with van der Waals surface area (Å²) in [7, 11) is 0. The standard InChI is InChI=1S/C18H19F3N4O/c19-18(20,21)15-16(24-14-4-2-1-3-13(14)23-15)25-9-7-11(8-10-25)17(26)22-12-5-6-12/h1-4,11-12H,5-10H2,(H,22,26). The highest BCUT2D eigenvalue weighted by Gasteiger charge is 2.39. The van der Waals surface area contributed by atoms with Crippen LogP contribution in [0.1, 0.15) is 31.4 Å². The van der Waals surface area contributed by atoms with E-state index in [1.165, 1.54) is 6.07 Å². The Kier molecular flexibility index (Phi) is 4.20. The Bertz CT molecular complexity index is 827. The smallest absolute Gasteiger partial charge is 0.355 e. The van der Waals surface area contributed by atoms with Gasteiger partial charge < -0.3 is 10.2 Å². The van der Waals surface area contributed by atoms with Crippen molar-refractivity contribution in [3.8, 4) is 0 Å². The molecule has 0 radical (unpaired) electrons. The molecular formula is C18H19F3N4O. The maximum atomic E-state index is 13.5. The Balaban J connectivity index is 1.57. The molecule has 2 aromatic rings. The van der Waals surface area contributed by atoms with Crippen LogP contribution in [0.3, 0.4) is 0 Å². The molecule has 5 nitrogen and oxygen atoms in total. The number of halogens is 3. The van der Waals surface area contributed by atoms with Crippen molar-refractivity contribution in [2.24, 2.45) is 5.92 Å². The first-order valence-electron chi connectivity index (χ1n) is 8.81. The molecule has 4 rings (SSSR count). The molecule has 0 bridgehead atoms. The molecule has 2 fully saturated rings. The van der Waals surface area contributed by atoms with Gasteiger partial charge in [0, 0.05) is 25.0 Å². The lowest BCUT2D eigenvalue weighted by Gasteiger charge is -2.33. The molecule has 1 aromatic carbocycles. The lowest BCUT2D eigenvalue weighted by atomic mass is 9.95. The topological polar surface area (TPSA) is 58.1 Å². The van der Waals surface area contributed by atoms with Crippen LogP contribution in [0.2, 0.25) is 0 Å². The summed E-state index contributed by atoms with van der Waals surface area (Å²) in [5.41, 5.74) is -0.302. The number of benzene rings is 1. The average Bonchev–Trinajstić information content (AvgIpc) is 3.44. The van der Waals surface area contributed by atoms with Gasteiger partial charge in [-0.05, 0) is 37.8 Å². The Hall–Kier alpha value is -2.38. The average molecular weight is 364 g/mol. The van der Waals surface area contributed by atoms with Crippen LogP contribution in [0, 0.1) is 5.92 Å². The van der Waals surface area contributed by atoms with E-state index in [4.69, 9.17) is 0 Å². The number of para-hydroxylation sites is 2. The normalized spacial score (nSPS) is 19.0. The molecule has 8 heteroatoms. The summed E-state index contributed by atoms with van der Waals surface area (Å²) in [6, 6.07) is 6.84. The van der Waals surface area contributed by atoms with Crippen molar-refractivity contribution in [2.45, 2.75) is 37.9 Å². The van der Waals surface area contributed by atoms with Crippen LogP contribution in [0.5, 0.6) is 0 Å². The third-order valence-electron chi connectivity index (χ3n) is 4.91. The molecule has 2 heterocycles. The Morgan fingerprint density at radius 2 is 1.65 bits per heavy atom. The van der Waals surface area contributed by atoms with Crippen LogP contribution < -0.4 is 10.2 Å². The van der Waals surface area contributed by atoms with E-state index in [0.29, 0.717) is 37.5 Å². The van der Waals surface area contributed by atoms with Gasteiger partial charge in [-0.25, -0.2) is 9.97 Å². The highest BCUT2D eigenvalue weighted by atomic mass is 19.4. The van der Waals surface area contributed by atoms with E-state index < -0.39 is 11.9 Å². The second-order valence-electron chi connectivity index (χ2n) is 6.93. The Morgan fingerprint density at radius 1 is 1.04 bits per heavy atom. The summed E-state index contributed by atoms with van der Waals surface area (Å²) >= 11 is 0. The van der Waals surface area contributed by atoms with Crippen LogP contribution in [0.15, 0.2) is 24.3 Å². The molecule has 0 atom stereocenters. The number of fused-ring (bicyclic) bond motifs is 1. The monoisotopic (exact) mass is 364 g/mol. The summed E-state index contributed by atoms with van der Waals surface area (Å²) < 4.78 is 40.5. The first-order chi connectivity index (χ1) is 12.4. The number of carbonyl (C=O) groups excluding carboxylic acids is 1. The number of anilines is 1. The van der Waals surface area contributed by atoms with Gasteiger partial charge in [-0.15, -0.1) is 0 Å². The SMILES string of the molecule is O=C(NC1CC1)C1CCN(c2nc3ccccc3nc2C(F)(F)F)CC1. The first kappa shape index (κ1) is 17.1. The molecule has 1 saturated heterocycles. The summed E-state index contributed by atoms with van der Waals surface area (Å²) in [5.74, 6) is -0.264. The maximum Gasteiger partial charge on any atom is 0.437 e. The molecule has 1 amide bonds. The second-order valence-corrected chi connectivity index (χ2v) is 6.93. The molecule has 1 saturated carbocycles. The molecule has 0 unspecified atom stereocenters. The van der Waals surface area contributed by atoms with Crippen LogP contribution >= 0.6 is 0 Å². The summed E-state index contributed by atoms with van der Waals surface area (Å²) in [5, 5.41) is 2.97. The highest BCUT2D eigenvalue weighted by molar-refractivity contribution is 5.80. The number of piperidine rings is 1. The highest BCUT2D eigenvalue weighted by Crippen LogP contribution is 2.36. The van der Waals surface area contributed by atoms with E-state index >= 15 is 0 Å². The number of alkyl halides is 3. The zero-order valence-electron chi connectivity index (χ0n) is 14.1. The van der Waals surface area contributed by atoms with Crippen molar-refractivity contribution in [2.75, 3.05) is 18.0 Å². The van der Waals surface area contributed by atoms with Gasteiger partial charge >= 0.3 is 6.18 Å². The number of amides is 1. The molecule has 1 aromatic heterocycles. The number of nitrogens with one attached hydrogen (secondary N) is 1. The number of nitrogens with zero attached hydrogens (tertiary/aromatic N) is 3. The van der Waals surface area contributed by atoms with Gasteiger partial charge in [0.15, 0.2) is 11.5 Å². The van der Waals surface area contributed by atoms with Gasteiger partial charge in [0.25, 0.3) is 0 Å². The zero-order valence-corrected chi connectivity index (χ0v) is 14.1. The predicted octanol–water partition coefficient (Wildman–Crippen LogP) is 3.14. The number of hydrogen-bond donors (Lipinski definition) is 1. The van der Waals surface area contributed by atoms with Crippen molar-refractivity contribution < 1.29 is 18.0 Å². The van der Waals surface area contributed by atoms with Gasteiger partial charge in [0.2, 0.25) is 5.91 Å². The number of rotatable bonds is 3. The summed E-state index contributed by atoms with van der Waals surface area (Å²) in [4.78, 5) is 21.8. The van der Waals surface area contributed by atoms with Gasteiger partial charge in [-0.2, -0.15) is 13.2 Å². The molecular weight excluding hydrogens is 345 g/mol. The number of hydrogen-bond acceptors (Lipinski definition) is 4. The summed E-state index contributed by atoms with van der Waals surface area (Å²) in [6.07, 6.45) is -1.50. The van der Waals surface area contributed by atoms with Crippen molar-refractivity contribution in [1.29, 1.82) is 0 Å². The fraction of sp³-hybridized carbons (Fsp3) is 0.500. The van der Waals surface area contributed by atoms with E-state index in [2.05, 4.69) is 15.3 Å². The van der Waals surface area contributed by atoms with Crippen LogP contribution in [-0.2, 0) is 11.0 Å². The third kappa shape index (κ3) is 3.45. The van der Waals surface area contributed by atoms with E-state index in [0.717, 1.165) is 12.8 Å². The minimum absolute atomic E-state index is 0.0211. The van der Waals surface area contributed by atoms with E-state index in [1.807, 2.05) is 0 Å². The van der Waals surface area contributed by atoms with Gasteiger partial charge in [0.05, 0.1) is 11.0 Å². The third-order valence-corrected chi connectivity index (χ3v) is 4.91. The molecule has 2 aliphatic rings. The van der Waals surface area contributed by atoms with Gasteiger partial charge in [-0.3, -0.25) is 4.79 Å². The Labute approximate surface area is 148 Å². The van der Waals surface area contributed by atoms with Crippen LogP contribution in [-0.4, -0.2) is 35.0 Å². The molecule has 1 N–H and O–H groups in total.